The van der Waals surface area contributed by atoms with Crippen molar-refractivity contribution in [1.82, 2.24) is 0 Å². The zero-order chi connectivity index (χ0) is 15.1. The molecule has 5 heteroatoms. The van der Waals surface area contributed by atoms with Gasteiger partial charge in [0.2, 0.25) is 5.91 Å². The van der Waals surface area contributed by atoms with Crippen LogP contribution in [-0.2, 0) is 9.59 Å². The fourth-order valence-electron chi connectivity index (χ4n) is 3.97. The van der Waals surface area contributed by atoms with Crippen LogP contribution in [0.4, 0.5) is 10.1 Å². The number of amides is 1. The van der Waals surface area contributed by atoms with Crippen molar-refractivity contribution in [2.24, 2.45) is 23.7 Å². The molecule has 0 spiro atoms. The highest BCUT2D eigenvalue weighted by atomic mass is 19.1. The third-order valence-electron chi connectivity index (χ3n) is 4.88. The Labute approximate surface area is 122 Å². The van der Waals surface area contributed by atoms with Crippen LogP contribution in [0.15, 0.2) is 18.2 Å². The Bertz CT molecular complexity index is 601. The number of rotatable bonds is 3. The van der Waals surface area contributed by atoms with Crippen molar-refractivity contribution < 1.29 is 19.1 Å². The summed E-state index contributed by atoms with van der Waals surface area (Å²) >= 11 is 0. The summed E-state index contributed by atoms with van der Waals surface area (Å²) in [5, 5.41) is 12.0. The lowest BCUT2D eigenvalue weighted by atomic mass is 9.78. The molecule has 2 fully saturated rings. The summed E-state index contributed by atoms with van der Waals surface area (Å²) in [5.74, 6) is -2.73. The lowest BCUT2D eigenvalue weighted by Crippen LogP contribution is -2.38. The van der Waals surface area contributed by atoms with Crippen molar-refractivity contribution in [3.63, 3.8) is 0 Å². The van der Waals surface area contributed by atoms with E-state index in [-0.39, 0.29) is 23.4 Å². The third kappa shape index (κ3) is 2.41. The Kier molecular flexibility index (Phi) is 3.43. The third-order valence-corrected chi connectivity index (χ3v) is 4.88. The van der Waals surface area contributed by atoms with E-state index in [1.807, 2.05) is 6.92 Å². The predicted octanol–water partition coefficient (Wildman–Crippen LogP) is 2.82. The molecular weight excluding hydrogens is 273 g/mol. The van der Waals surface area contributed by atoms with Crippen molar-refractivity contribution >= 4 is 17.6 Å². The first kappa shape index (κ1) is 14.0. The Morgan fingerprint density at radius 2 is 1.90 bits per heavy atom. The minimum absolute atomic E-state index is 0.0885. The molecule has 4 unspecified atom stereocenters. The SMILES string of the molecule is Cc1ccc(F)c(NC(=O)C2C3CCC(C3)C2C(=O)O)c1. The van der Waals surface area contributed by atoms with Gasteiger partial charge in [-0.15, -0.1) is 0 Å². The summed E-state index contributed by atoms with van der Waals surface area (Å²) in [6, 6.07) is 4.50. The second kappa shape index (κ2) is 5.13. The Morgan fingerprint density at radius 1 is 1.24 bits per heavy atom. The number of hydrogen-bond donors (Lipinski definition) is 2. The summed E-state index contributed by atoms with van der Waals surface area (Å²) in [5.41, 5.74) is 0.973. The maximum atomic E-state index is 13.7. The smallest absolute Gasteiger partial charge is 0.307 e. The average molecular weight is 291 g/mol. The van der Waals surface area contributed by atoms with Gasteiger partial charge in [-0.1, -0.05) is 6.07 Å². The van der Waals surface area contributed by atoms with E-state index in [0.29, 0.717) is 0 Å². The molecule has 4 atom stereocenters. The van der Waals surface area contributed by atoms with Crippen LogP contribution in [0.5, 0.6) is 0 Å². The largest absolute Gasteiger partial charge is 0.481 e. The number of halogens is 1. The molecule has 2 bridgehead atoms. The van der Waals surface area contributed by atoms with Crippen molar-refractivity contribution in [2.75, 3.05) is 5.32 Å². The van der Waals surface area contributed by atoms with Crippen LogP contribution in [0.2, 0.25) is 0 Å². The van der Waals surface area contributed by atoms with Gasteiger partial charge in [0.15, 0.2) is 0 Å². The van der Waals surface area contributed by atoms with E-state index in [0.717, 1.165) is 24.8 Å². The predicted molar refractivity (Wildman–Crippen MR) is 75.2 cm³/mol. The number of carbonyl (C=O) groups is 2. The number of aliphatic carboxylic acids is 1. The number of anilines is 1. The van der Waals surface area contributed by atoms with Crippen LogP contribution in [0, 0.1) is 36.4 Å². The monoisotopic (exact) mass is 291 g/mol. The molecule has 2 aliphatic rings. The molecule has 0 radical (unpaired) electrons. The molecule has 21 heavy (non-hydrogen) atoms. The van der Waals surface area contributed by atoms with Gasteiger partial charge in [-0.3, -0.25) is 9.59 Å². The zero-order valence-electron chi connectivity index (χ0n) is 11.8. The minimum Gasteiger partial charge on any atom is -0.481 e. The molecule has 4 nitrogen and oxygen atoms in total. The molecule has 0 saturated heterocycles. The number of carbonyl (C=O) groups excluding carboxylic acids is 1. The highest BCUT2D eigenvalue weighted by molar-refractivity contribution is 5.96. The molecule has 2 saturated carbocycles. The number of nitrogens with one attached hydrogen (secondary N) is 1. The summed E-state index contributed by atoms with van der Waals surface area (Å²) < 4.78 is 13.7. The summed E-state index contributed by atoms with van der Waals surface area (Å²) in [6.07, 6.45) is 2.57. The molecule has 1 aromatic rings. The van der Waals surface area contributed by atoms with Crippen LogP contribution < -0.4 is 5.32 Å². The van der Waals surface area contributed by atoms with Crippen LogP contribution in [0.25, 0.3) is 0 Å². The first-order chi connectivity index (χ1) is 9.97. The molecule has 3 rings (SSSR count). The van der Waals surface area contributed by atoms with Gasteiger partial charge >= 0.3 is 5.97 Å². The van der Waals surface area contributed by atoms with Crippen LogP contribution >= 0.6 is 0 Å². The van der Waals surface area contributed by atoms with E-state index >= 15 is 0 Å². The van der Waals surface area contributed by atoms with E-state index in [1.54, 1.807) is 12.1 Å². The molecule has 0 aromatic heterocycles. The first-order valence-electron chi connectivity index (χ1n) is 7.27. The fourth-order valence-corrected chi connectivity index (χ4v) is 3.97. The molecule has 1 amide bonds. The van der Waals surface area contributed by atoms with Crippen molar-refractivity contribution in [2.45, 2.75) is 26.2 Å². The Balaban J connectivity index is 1.81. The Hall–Kier alpha value is -1.91. The molecule has 112 valence electrons. The first-order valence-corrected chi connectivity index (χ1v) is 7.27. The van der Waals surface area contributed by atoms with Gasteiger partial charge in [-0.2, -0.15) is 0 Å². The molecule has 2 N–H and O–H groups in total. The average Bonchev–Trinajstić information content (AvgIpc) is 3.03. The summed E-state index contributed by atoms with van der Waals surface area (Å²) in [4.78, 5) is 23.9. The minimum atomic E-state index is -0.910. The van der Waals surface area contributed by atoms with Crippen LogP contribution in [0.3, 0.4) is 0 Å². The lowest BCUT2D eigenvalue weighted by molar-refractivity contribution is -0.148. The maximum absolute atomic E-state index is 13.7. The highest BCUT2D eigenvalue weighted by Crippen LogP contribution is 2.52. The number of hydrogen-bond acceptors (Lipinski definition) is 2. The van der Waals surface area contributed by atoms with Gasteiger partial charge in [0.1, 0.15) is 5.82 Å². The number of fused-ring (bicyclic) bond motifs is 2. The second-order valence-electron chi connectivity index (χ2n) is 6.20. The van der Waals surface area contributed by atoms with Crippen molar-refractivity contribution in [1.29, 1.82) is 0 Å². The fraction of sp³-hybridized carbons (Fsp3) is 0.500. The lowest BCUT2D eigenvalue weighted by Gasteiger charge is -2.27. The molecule has 0 heterocycles. The molecular formula is C16H18FNO3. The van der Waals surface area contributed by atoms with Crippen LogP contribution in [0.1, 0.15) is 24.8 Å². The van der Waals surface area contributed by atoms with E-state index in [2.05, 4.69) is 5.32 Å². The van der Waals surface area contributed by atoms with Crippen LogP contribution in [-0.4, -0.2) is 17.0 Å². The van der Waals surface area contributed by atoms with Gasteiger partial charge < -0.3 is 10.4 Å². The number of benzene rings is 1. The van der Waals surface area contributed by atoms with Gasteiger partial charge in [0, 0.05) is 0 Å². The van der Waals surface area contributed by atoms with Crippen molar-refractivity contribution in [3.8, 4) is 0 Å². The second-order valence-corrected chi connectivity index (χ2v) is 6.20. The maximum Gasteiger partial charge on any atom is 0.307 e. The number of carboxylic acids is 1. The number of aryl methyl sites for hydroxylation is 1. The normalized spacial score (nSPS) is 30.4. The molecule has 0 aliphatic heterocycles. The number of carboxylic acid groups (broad SMARTS) is 1. The Morgan fingerprint density at radius 3 is 2.57 bits per heavy atom. The topological polar surface area (TPSA) is 66.4 Å². The zero-order valence-corrected chi connectivity index (χ0v) is 11.8. The van der Waals surface area contributed by atoms with Gasteiger partial charge in [0.05, 0.1) is 17.5 Å². The van der Waals surface area contributed by atoms with Gasteiger partial charge in [-0.25, -0.2) is 4.39 Å². The van der Waals surface area contributed by atoms with E-state index in [4.69, 9.17) is 0 Å². The van der Waals surface area contributed by atoms with E-state index in [9.17, 15) is 19.1 Å². The molecule has 2 aliphatic carbocycles. The van der Waals surface area contributed by atoms with E-state index in [1.165, 1.54) is 6.07 Å². The highest BCUT2D eigenvalue weighted by Gasteiger charge is 2.54. The van der Waals surface area contributed by atoms with Crippen molar-refractivity contribution in [3.05, 3.63) is 29.6 Å². The van der Waals surface area contributed by atoms with E-state index < -0.39 is 23.6 Å². The standard InChI is InChI=1S/C16H18FNO3/c1-8-2-5-11(17)12(6-8)18-15(19)13-9-3-4-10(7-9)14(13)16(20)21/h2,5-6,9-10,13-14H,3-4,7H2,1H3,(H,18,19)(H,20,21). The van der Waals surface area contributed by atoms with Gasteiger partial charge in [-0.05, 0) is 55.7 Å². The van der Waals surface area contributed by atoms with Gasteiger partial charge in [0.25, 0.3) is 0 Å². The summed E-state index contributed by atoms with van der Waals surface area (Å²) in [7, 11) is 0. The summed E-state index contributed by atoms with van der Waals surface area (Å²) in [6.45, 7) is 1.81. The quantitative estimate of drug-likeness (QED) is 0.900. The molecule has 1 aromatic carbocycles.